The summed E-state index contributed by atoms with van der Waals surface area (Å²) in [5.74, 6) is 0.108. The van der Waals surface area contributed by atoms with Gasteiger partial charge in [0.25, 0.3) is 0 Å². The van der Waals surface area contributed by atoms with Gasteiger partial charge in [-0.1, -0.05) is 33.6 Å². The molecule has 2 aromatic carbocycles. The van der Waals surface area contributed by atoms with E-state index in [4.69, 9.17) is 16.3 Å². The van der Waals surface area contributed by atoms with Crippen molar-refractivity contribution in [2.24, 2.45) is 0 Å². The highest BCUT2D eigenvalue weighted by atomic mass is 79.9. The molecule has 0 fully saturated rings. The van der Waals surface area contributed by atoms with Gasteiger partial charge in [-0.05, 0) is 37.3 Å². The number of ketones is 1. The monoisotopic (exact) mass is 356 g/mol. The van der Waals surface area contributed by atoms with Crippen molar-refractivity contribution in [3.05, 3.63) is 62.8 Å². The minimum absolute atomic E-state index is 0.0558. The minimum Gasteiger partial charge on any atom is -0.487 e. The zero-order valence-electron chi connectivity index (χ0n) is 10.6. The van der Waals surface area contributed by atoms with Gasteiger partial charge < -0.3 is 4.74 Å². The topological polar surface area (TPSA) is 26.3 Å². The third kappa shape index (κ3) is 3.58. The Kier molecular flexibility index (Phi) is 4.78. The van der Waals surface area contributed by atoms with E-state index in [0.29, 0.717) is 20.8 Å². The Morgan fingerprint density at radius 3 is 2.65 bits per heavy atom. The molecular formula is C15H11BrClFO2. The largest absolute Gasteiger partial charge is 0.487 e. The van der Waals surface area contributed by atoms with Gasteiger partial charge in [-0.3, -0.25) is 4.79 Å². The number of ether oxygens (including phenoxy) is 1. The minimum atomic E-state index is -0.315. The van der Waals surface area contributed by atoms with Crippen LogP contribution < -0.4 is 4.74 Å². The van der Waals surface area contributed by atoms with Gasteiger partial charge in [-0.2, -0.15) is 0 Å². The number of hydrogen-bond donors (Lipinski definition) is 0. The summed E-state index contributed by atoms with van der Waals surface area (Å²) in [6, 6.07) is 9.25. The summed E-state index contributed by atoms with van der Waals surface area (Å²) >= 11 is 9.33. The summed E-state index contributed by atoms with van der Waals surface area (Å²) in [5.41, 5.74) is 1.34. The van der Waals surface area contributed by atoms with E-state index >= 15 is 0 Å². The second kappa shape index (κ2) is 6.37. The molecule has 0 radical (unpaired) electrons. The Hall–Kier alpha value is -1.39. The standard InChI is InChI=1S/C15H11BrClFO2/c1-9(19)10-3-5-15(14(17)6-10)20-8-11-2-4-12(18)7-13(11)16/h2-7H,8H2,1H3. The van der Waals surface area contributed by atoms with E-state index in [0.717, 1.165) is 5.56 Å². The molecule has 104 valence electrons. The smallest absolute Gasteiger partial charge is 0.159 e. The van der Waals surface area contributed by atoms with Gasteiger partial charge in [0.05, 0.1) is 5.02 Å². The Balaban J connectivity index is 2.13. The lowest BCUT2D eigenvalue weighted by Gasteiger charge is -2.10. The zero-order chi connectivity index (χ0) is 14.7. The summed E-state index contributed by atoms with van der Waals surface area (Å²) in [7, 11) is 0. The van der Waals surface area contributed by atoms with Crippen molar-refractivity contribution < 1.29 is 13.9 Å². The Morgan fingerprint density at radius 1 is 1.30 bits per heavy atom. The van der Waals surface area contributed by atoms with Crippen LogP contribution in [0.1, 0.15) is 22.8 Å². The predicted octanol–water partition coefficient (Wildman–Crippen LogP) is 5.02. The fourth-order valence-corrected chi connectivity index (χ4v) is 2.33. The molecule has 0 amide bonds. The van der Waals surface area contributed by atoms with Crippen LogP contribution in [0.3, 0.4) is 0 Å². The van der Waals surface area contributed by atoms with Crippen molar-refractivity contribution >= 4 is 33.3 Å². The van der Waals surface area contributed by atoms with Gasteiger partial charge >= 0.3 is 0 Å². The lowest BCUT2D eigenvalue weighted by Crippen LogP contribution is -1.99. The summed E-state index contributed by atoms with van der Waals surface area (Å²) in [6.07, 6.45) is 0. The van der Waals surface area contributed by atoms with Crippen LogP contribution in [-0.2, 0) is 6.61 Å². The molecule has 0 unspecified atom stereocenters. The number of carbonyl (C=O) groups is 1. The molecule has 0 aliphatic carbocycles. The Morgan fingerprint density at radius 2 is 2.05 bits per heavy atom. The molecule has 0 heterocycles. The van der Waals surface area contributed by atoms with Crippen LogP contribution in [-0.4, -0.2) is 5.78 Å². The maximum absolute atomic E-state index is 13.0. The van der Waals surface area contributed by atoms with Gasteiger partial charge in [-0.15, -0.1) is 0 Å². The second-order valence-corrected chi connectivity index (χ2v) is 5.49. The van der Waals surface area contributed by atoms with E-state index in [1.165, 1.54) is 19.1 Å². The van der Waals surface area contributed by atoms with Crippen molar-refractivity contribution in [3.8, 4) is 5.75 Å². The predicted molar refractivity (Wildman–Crippen MR) is 79.9 cm³/mol. The number of hydrogen-bond acceptors (Lipinski definition) is 2. The molecule has 2 rings (SSSR count). The van der Waals surface area contributed by atoms with Gasteiger partial charge in [-0.25, -0.2) is 4.39 Å². The lowest BCUT2D eigenvalue weighted by molar-refractivity contribution is 0.101. The summed E-state index contributed by atoms with van der Waals surface area (Å²) in [4.78, 5) is 11.2. The Labute approximate surface area is 129 Å². The van der Waals surface area contributed by atoms with Crippen LogP contribution in [0, 0.1) is 5.82 Å². The molecule has 5 heteroatoms. The molecule has 0 N–H and O–H groups in total. The maximum Gasteiger partial charge on any atom is 0.159 e. The van der Waals surface area contributed by atoms with Gasteiger partial charge in [0, 0.05) is 15.6 Å². The van der Waals surface area contributed by atoms with Crippen molar-refractivity contribution in [2.45, 2.75) is 13.5 Å². The first kappa shape index (κ1) is 15.0. The van der Waals surface area contributed by atoms with Crippen LogP contribution >= 0.6 is 27.5 Å². The molecule has 0 spiro atoms. The van der Waals surface area contributed by atoms with Crippen LogP contribution in [0.25, 0.3) is 0 Å². The molecule has 20 heavy (non-hydrogen) atoms. The molecular weight excluding hydrogens is 347 g/mol. The highest BCUT2D eigenvalue weighted by molar-refractivity contribution is 9.10. The average Bonchev–Trinajstić information content (AvgIpc) is 2.38. The first-order valence-electron chi connectivity index (χ1n) is 5.84. The molecule has 0 aliphatic rings. The number of carbonyl (C=O) groups excluding carboxylic acids is 1. The van der Waals surface area contributed by atoms with E-state index in [-0.39, 0.29) is 18.2 Å². The molecule has 0 aliphatic heterocycles. The zero-order valence-corrected chi connectivity index (χ0v) is 13.0. The van der Waals surface area contributed by atoms with Crippen molar-refractivity contribution in [1.82, 2.24) is 0 Å². The van der Waals surface area contributed by atoms with Gasteiger partial charge in [0.1, 0.15) is 18.2 Å². The van der Waals surface area contributed by atoms with Crippen LogP contribution in [0.15, 0.2) is 40.9 Å². The van der Waals surface area contributed by atoms with E-state index in [9.17, 15) is 9.18 Å². The quantitative estimate of drug-likeness (QED) is 0.718. The average molecular weight is 358 g/mol. The fraction of sp³-hybridized carbons (Fsp3) is 0.133. The van der Waals surface area contributed by atoms with E-state index in [1.54, 1.807) is 24.3 Å². The van der Waals surface area contributed by atoms with Crippen LogP contribution in [0.2, 0.25) is 5.02 Å². The molecule has 2 nitrogen and oxygen atoms in total. The third-order valence-electron chi connectivity index (χ3n) is 2.74. The molecule has 0 saturated carbocycles. The van der Waals surface area contributed by atoms with Crippen molar-refractivity contribution in [3.63, 3.8) is 0 Å². The van der Waals surface area contributed by atoms with Gasteiger partial charge in [0.15, 0.2) is 5.78 Å². The highest BCUT2D eigenvalue weighted by Gasteiger charge is 2.08. The van der Waals surface area contributed by atoms with E-state index < -0.39 is 0 Å². The molecule has 2 aromatic rings. The van der Waals surface area contributed by atoms with E-state index in [2.05, 4.69) is 15.9 Å². The molecule has 0 aromatic heterocycles. The maximum atomic E-state index is 13.0. The SMILES string of the molecule is CC(=O)c1ccc(OCc2ccc(F)cc2Br)c(Cl)c1. The van der Waals surface area contributed by atoms with Crippen molar-refractivity contribution in [1.29, 1.82) is 0 Å². The number of Topliss-reactive ketones (excluding diaryl/α,β-unsaturated/α-hetero) is 1. The first-order chi connectivity index (χ1) is 9.47. The normalized spacial score (nSPS) is 10.4. The molecule has 0 saturated heterocycles. The van der Waals surface area contributed by atoms with Crippen LogP contribution in [0.4, 0.5) is 4.39 Å². The van der Waals surface area contributed by atoms with Crippen LogP contribution in [0.5, 0.6) is 5.75 Å². The summed E-state index contributed by atoms with van der Waals surface area (Å²) in [5, 5.41) is 0.371. The number of benzene rings is 2. The molecule has 0 bridgehead atoms. The second-order valence-electron chi connectivity index (χ2n) is 4.23. The number of halogens is 3. The van der Waals surface area contributed by atoms with E-state index in [1.807, 2.05) is 0 Å². The summed E-state index contributed by atoms with van der Waals surface area (Å²) in [6.45, 7) is 1.72. The Bertz CT molecular complexity index is 658. The molecule has 0 atom stereocenters. The highest BCUT2D eigenvalue weighted by Crippen LogP contribution is 2.27. The van der Waals surface area contributed by atoms with Crippen molar-refractivity contribution in [2.75, 3.05) is 0 Å². The van der Waals surface area contributed by atoms with Gasteiger partial charge in [0.2, 0.25) is 0 Å². The summed E-state index contributed by atoms with van der Waals surface area (Å²) < 4.78 is 19.2. The first-order valence-corrected chi connectivity index (χ1v) is 7.01. The fourth-order valence-electron chi connectivity index (χ4n) is 1.63. The lowest BCUT2D eigenvalue weighted by atomic mass is 10.1. The third-order valence-corrected chi connectivity index (χ3v) is 3.77. The number of rotatable bonds is 4.